The van der Waals surface area contributed by atoms with Crippen LogP contribution in [-0.2, 0) is 11.3 Å². The van der Waals surface area contributed by atoms with Crippen molar-refractivity contribution in [3.63, 3.8) is 0 Å². The zero-order valence-electron chi connectivity index (χ0n) is 20.1. The highest BCUT2D eigenvalue weighted by atomic mass is 16.6. The Morgan fingerprint density at radius 1 is 0.909 bits per heavy atom. The molecule has 1 N–H and O–H groups in total. The van der Waals surface area contributed by atoms with Gasteiger partial charge >= 0.3 is 12.1 Å². The second-order valence-electron chi connectivity index (χ2n) is 9.96. The molecule has 0 atom stereocenters. The number of carbonyl (C=O) groups excluding carboxylic acids is 2. The maximum atomic E-state index is 12.8. The van der Waals surface area contributed by atoms with E-state index < -0.39 is 0 Å². The fraction of sp³-hybridized carbons (Fsp3) is 0.692. The predicted molar refractivity (Wildman–Crippen MR) is 129 cm³/mol. The van der Waals surface area contributed by atoms with Crippen LogP contribution in [0, 0.1) is 11.8 Å². The van der Waals surface area contributed by atoms with Crippen LogP contribution in [0.2, 0.25) is 0 Å². The van der Waals surface area contributed by atoms with Gasteiger partial charge in [0.2, 0.25) is 0 Å². The van der Waals surface area contributed by atoms with Gasteiger partial charge < -0.3 is 19.9 Å². The van der Waals surface area contributed by atoms with Crippen molar-refractivity contribution in [2.75, 3.05) is 45.9 Å². The molecule has 4 rings (SSSR count). The summed E-state index contributed by atoms with van der Waals surface area (Å²) < 4.78 is 5.08. The number of rotatable bonds is 8. The highest BCUT2D eigenvalue weighted by molar-refractivity contribution is 5.74. The van der Waals surface area contributed by atoms with Crippen LogP contribution in [0.3, 0.4) is 0 Å². The summed E-state index contributed by atoms with van der Waals surface area (Å²) in [6.45, 7) is 8.55. The average molecular weight is 457 g/mol. The monoisotopic (exact) mass is 456 g/mol. The van der Waals surface area contributed by atoms with Gasteiger partial charge in [-0.2, -0.15) is 0 Å². The number of piperidine rings is 2. The van der Waals surface area contributed by atoms with Gasteiger partial charge in [-0.05, 0) is 62.8 Å². The van der Waals surface area contributed by atoms with Crippen LogP contribution in [0.5, 0.6) is 0 Å². The van der Waals surface area contributed by atoms with E-state index in [1.54, 1.807) is 4.90 Å². The lowest BCUT2D eigenvalue weighted by atomic mass is 9.96. The number of nitrogens with one attached hydrogen (secondary N) is 1. The molecule has 0 radical (unpaired) electrons. The van der Waals surface area contributed by atoms with E-state index in [1.165, 1.54) is 24.9 Å². The Hall–Kier alpha value is -2.28. The topological polar surface area (TPSA) is 65.1 Å². The summed E-state index contributed by atoms with van der Waals surface area (Å²) in [5.74, 6) is 1.54. The Bertz CT molecular complexity index is 754. The van der Waals surface area contributed by atoms with Gasteiger partial charge in [0, 0.05) is 51.9 Å². The van der Waals surface area contributed by atoms with E-state index in [2.05, 4.69) is 40.5 Å². The largest absolute Gasteiger partial charge is 0.450 e. The molecule has 7 heteroatoms. The first-order valence-corrected chi connectivity index (χ1v) is 12.8. The minimum Gasteiger partial charge on any atom is -0.450 e. The van der Waals surface area contributed by atoms with Crippen molar-refractivity contribution < 1.29 is 14.3 Å². The van der Waals surface area contributed by atoms with Crippen LogP contribution < -0.4 is 5.32 Å². The average Bonchev–Trinajstić information content (AvgIpc) is 3.65. The SMILES string of the molecule is CCOC(=O)N1CCC(NC(=O)N2CCC(CN(Cc3ccccc3)CC3CC3)CC2)CC1. The Morgan fingerprint density at radius 3 is 2.12 bits per heavy atom. The van der Waals surface area contributed by atoms with Crippen LogP contribution in [0.25, 0.3) is 0 Å². The number of likely N-dealkylation sites (tertiary alicyclic amines) is 2. The lowest BCUT2D eigenvalue weighted by Crippen LogP contribution is -2.52. The molecule has 3 aliphatic rings. The Kier molecular flexibility index (Phi) is 8.48. The number of carbonyl (C=O) groups is 2. The standard InChI is InChI=1S/C26H40N4O3/c1-2-33-26(32)30-16-12-24(13-17-30)27-25(31)29-14-10-23(11-15-29)20-28(19-22-8-9-22)18-21-6-4-3-5-7-21/h3-7,22-24H,2,8-20H2,1H3,(H,27,31). The van der Waals surface area contributed by atoms with Gasteiger partial charge in [-0.25, -0.2) is 9.59 Å². The van der Waals surface area contributed by atoms with Crippen molar-refractivity contribution in [1.29, 1.82) is 0 Å². The Morgan fingerprint density at radius 2 is 1.52 bits per heavy atom. The van der Waals surface area contributed by atoms with Gasteiger partial charge in [-0.3, -0.25) is 4.90 Å². The molecule has 0 aromatic heterocycles. The number of benzene rings is 1. The van der Waals surface area contributed by atoms with Crippen molar-refractivity contribution in [3.05, 3.63) is 35.9 Å². The van der Waals surface area contributed by atoms with E-state index in [0.29, 0.717) is 25.6 Å². The normalized spacial score (nSPS) is 20.2. The summed E-state index contributed by atoms with van der Waals surface area (Å²) >= 11 is 0. The first-order chi connectivity index (χ1) is 16.1. The molecule has 1 aromatic rings. The number of amides is 3. The van der Waals surface area contributed by atoms with Crippen LogP contribution in [0.1, 0.15) is 51.0 Å². The molecule has 3 amide bonds. The Balaban J connectivity index is 1.18. The van der Waals surface area contributed by atoms with E-state index in [-0.39, 0.29) is 18.2 Å². The lowest BCUT2D eigenvalue weighted by Gasteiger charge is -2.37. The lowest BCUT2D eigenvalue weighted by molar-refractivity contribution is 0.0944. The maximum Gasteiger partial charge on any atom is 0.409 e. The molecule has 3 fully saturated rings. The smallest absolute Gasteiger partial charge is 0.409 e. The van der Waals surface area contributed by atoms with Gasteiger partial charge in [0.15, 0.2) is 0 Å². The number of hydrogen-bond acceptors (Lipinski definition) is 4. The van der Waals surface area contributed by atoms with Crippen LogP contribution in [0.15, 0.2) is 30.3 Å². The molecule has 0 unspecified atom stereocenters. The first-order valence-electron chi connectivity index (χ1n) is 12.8. The predicted octanol–water partition coefficient (Wildman–Crippen LogP) is 3.94. The van der Waals surface area contributed by atoms with E-state index >= 15 is 0 Å². The molecule has 182 valence electrons. The molecule has 33 heavy (non-hydrogen) atoms. The molecule has 1 aromatic carbocycles. The van der Waals surface area contributed by atoms with E-state index in [9.17, 15) is 9.59 Å². The first kappa shape index (κ1) is 23.9. The zero-order chi connectivity index (χ0) is 23.0. The highest BCUT2D eigenvalue weighted by Gasteiger charge is 2.30. The van der Waals surface area contributed by atoms with Gasteiger partial charge in [-0.15, -0.1) is 0 Å². The minimum atomic E-state index is -0.243. The molecule has 2 heterocycles. The second-order valence-corrected chi connectivity index (χ2v) is 9.96. The molecule has 2 aliphatic heterocycles. The molecule has 0 bridgehead atoms. The summed E-state index contributed by atoms with van der Waals surface area (Å²) in [4.78, 5) is 31.0. The molecular formula is C26H40N4O3. The van der Waals surface area contributed by atoms with E-state index in [1.807, 2.05) is 11.8 Å². The molecule has 1 aliphatic carbocycles. The number of urea groups is 1. The van der Waals surface area contributed by atoms with Crippen molar-refractivity contribution in [2.45, 2.75) is 58.0 Å². The minimum absolute atomic E-state index is 0.0576. The summed E-state index contributed by atoms with van der Waals surface area (Å²) in [7, 11) is 0. The third-order valence-electron chi connectivity index (χ3n) is 7.23. The van der Waals surface area contributed by atoms with Crippen LogP contribution in [-0.4, -0.2) is 78.7 Å². The quantitative estimate of drug-likeness (QED) is 0.644. The Labute approximate surface area is 198 Å². The third kappa shape index (κ3) is 7.36. The van der Waals surface area contributed by atoms with E-state index in [4.69, 9.17) is 4.74 Å². The maximum absolute atomic E-state index is 12.8. The molecular weight excluding hydrogens is 416 g/mol. The van der Waals surface area contributed by atoms with Crippen molar-refractivity contribution in [3.8, 4) is 0 Å². The summed E-state index contributed by atoms with van der Waals surface area (Å²) in [5.41, 5.74) is 1.39. The van der Waals surface area contributed by atoms with Crippen LogP contribution >= 0.6 is 0 Å². The summed E-state index contributed by atoms with van der Waals surface area (Å²) in [6.07, 6.45) is 6.24. The zero-order valence-corrected chi connectivity index (χ0v) is 20.1. The molecule has 0 spiro atoms. The number of nitrogens with zero attached hydrogens (tertiary/aromatic N) is 3. The fourth-order valence-corrected chi connectivity index (χ4v) is 5.08. The fourth-order valence-electron chi connectivity index (χ4n) is 5.08. The van der Waals surface area contributed by atoms with Crippen molar-refractivity contribution >= 4 is 12.1 Å². The van der Waals surface area contributed by atoms with E-state index in [0.717, 1.165) is 57.8 Å². The van der Waals surface area contributed by atoms with Gasteiger partial charge in [0.05, 0.1) is 6.61 Å². The molecule has 7 nitrogen and oxygen atoms in total. The van der Waals surface area contributed by atoms with Gasteiger partial charge in [0.1, 0.15) is 0 Å². The van der Waals surface area contributed by atoms with Crippen molar-refractivity contribution in [1.82, 2.24) is 20.0 Å². The third-order valence-corrected chi connectivity index (χ3v) is 7.23. The number of hydrogen-bond donors (Lipinski definition) is 1. The van der Waals surface area contributed by atoms with Gasteiger partial charge in [-0.1, -0.05) is 30.3 Å². The highest BCUT2D eigenvalue weighted by Crippen LogP contribution is 2.31. The van der Waals surface area contributed by atoms with Crippen LogP contribution in [0.4, 0.5) is 9.59 Å². The number of ether oxygens (including phenoxy) is 1. The second kappa shape index (κ2) is 11.7. The molecule has 2 saturated heterocycles. The van der Waals surface area contributed by atoms with Crippen molar-refractivity contribution in [2.24, 2.45) is 11.8 Å². The summed E-state index contributed by atoms with van der Waals surface area (Å²) in [5, 5.41) is 3.20. The van der Waals surface area contributed by atoms with Gasteiger partial charge in [0.25, 0.3) is 0 Å². The molecule has 1 saturated carbocycles. The summed E-state index contributed by atoms with van der Waals surface area (Å²) in [6, 6.07) is 11.0.